The second kappa shape index (κ2) is 10.8. The summed E-state index contributed by atoms with van der Waals surface area (Å²) < 4.78 is 41.6. The average molecular weight is 575 g/mol. The fourth-order valence-corrected chi connectivity index (χ4v) is 6.65. The molecular formula is C27H26ClF3N6OS. The zero-order valence-corrected chi connectivity index (χ0v) is 22.4. The normalized spacial score (nSPS) is 21.9. The van der Waals surface area contributed by atoms with Gasteiger partial charge in [0, 0.05) is 58.5 Å². The fourth-order valence-electron chi connectivity index (χ4n) is 5.73. The number of carbonyl (C=O) groups is 1. The minimum absolute atomic E-state index is 0.00411. The van der Waals surface area contributed by atoms with E-state index >= 15 is 0 Å². The second-order valence-corrected chi connectivity index (χ2v) is 11.3. The Morgan fingerprint density at radius 1 is 1.18 bits per heavy atom. The van der Waals surface area contributed by atoms with Crippen LogP contribution < -0.4 is 5.32 Å². The van der Waals surface area contributed by atoms with Crippen LogP contribution in [0.1, 0.15) is 67.4 Å². The number of aliphatic imine (C=N–C) groups is 1. The van der Waals surface area contributed by atoms with E-state index in [1.807, 2.05) is 10.3 Å². The lowest BCUT2D eigenvalue weighted by Gasteiger charge is -2.32. The predicted molar refractivity (Wildman–Crippen MR) is 143 cm³/mol. The van der Waals surface area contributed by atoms with Crippen molar-refractivity contribution in [3.63, 3.8) is 0 Å². The van der Waals surface area contributed by atoms with Gasteiger partial charge in [-0.3, -0.25) is 9.79 Å². The maximum Gasteiger partial charge on any atom is 0.333 e. The van der Waals surface area contributed by atoms with Crippen molar-refractivity contribution in [1.82, 2.24) is 25.0 Å². The highest BCUT2D eigenvalue weighted by Crippen LogP contribution is 2.46. The summed E-state index contributed by atoms with van der Waals surface area (Å²) in [4.78, 5) is 24.6. The van der Waals surface area contributed by atoms with E-state index in [1.165, 1.54) is 35.7 Å². The van der Waals surface area contributed by atoms with E-state index in [0.29, 0.717) is 45.3 Å². The number of nitrogens with one attached hydrogen (secondary N) is 1. The lowest BCUT2D eigenvalue weighted by Crippen LogP contribution is -2.42. The zero-order chi connectivity index (χ0) is 27.1. The van der Waals surface area contributed by atoms with E-state index < -0.39 is 18.4 Å². The first-order chi connectivity index (χ1) is 18.9. The number of nitrogens with zero attached hydrogens (tertiary/aromatic N) is 5. The molecule has 0 spiro atoms. The molecule has 1 aliphatic carbocycles. The fraction of sp³-hybridized carbons (Fsp3) is 0.407. The Balaban J connectivity index is 1.45. The molecular weight excluding hydrogens is 549 g/mol. The molecule has 1 saturated carbocycles. The summed E-state index contributed by atoms with van der Waals surface area (Å²) in [7, 11) is 0. The SMILES string of the molecule is O=C(N[C@H]1CC2=C(c3ccn(C(F)F)n3)[C@H](c3ccc(F)cc3Cl)N=C(c3nccs3)N2C1)C1CCCCC1. The van der Waals surface area contributed by atoms with E-state index in [1.54, 1.807) is 12.3 Å². The summed E-state index contributed by atoms with van der Waals surface area (Å²) in [6.45, 7) is -2.35. The highest BCUT2D eigenvalue weighted by atomic mass is 35.5. The molecule has 0 unspecified atom stereocenters. The van der Waals surface area contributed by atoms with E-state index in [2.05, 4.69) is 15.4 Å². The van der Waals surface area contributed by atoms with Gasteiger partial charge in [-0.15, -0.1) is 11.3 Å². The van der Waals surface area contributed by atoms with Gasteiger partial charge in [-0.2, -0.15) is 13.9 Å². The van der Waals surface area contributed by atoms with Crippen LogP contribution in [0.3, 0.4) is 0 Å². The Kier molecular flexibility index (Phi) is 7.20. The highest BCUT2D eigenvalue weighted by Gasteiger charge is 2.41. The number of halogens is 4. The number of amides is 1. The van der Waals surface area contributed by atoms with Crippen molar-refractivity contribution < 1.29 is 18.0 Å². The third kappa shape index (κ3) is 5.09. The van der Waals surface area contributed by atoms with Crippen LogP contribution in [0.25, 0.3) is 5.57 Å². The number of hydrogen-bond acceptors (Lipinski definition) is 6. The maximum absolute atomic E-state index is 14.0. The number of alkyl halides is 2. The van der Waals surface area contributed by atoms with Crippen LogP contribution in [-0.4, -0.2) is 44.0 Å². The van der Waals surface area contributed by atoms with Gasteiger partial charge in [-0.25, -0.2) is 14.1 Å². The van der Waals surface area contributed by atoms with Crippen molar-refractivity contribution in [2.75, 3.05) is 6.54 Å². The molecule has 1 aromatic carbocycles. The molecule has 0 bridgehead atoms. The molecule has 0 radical (unpaired) electrons. The average Bonchev–Trinajstić information content (AvgIpc) is 3.69. The van der Waals surface area contributed by atoms with Crippen LogP contribution in [0.4, 0.5) is 13.2 Å². The molecule has 39 heavy (non-hydrogen) atoms. The zero-order valence-electron chi connectivity index (χ0n) is 20.9. The van der Waals surface area contributed by atoms with Crippen molar-refractivity contribution in [2.45, 2.75) is 57.2 Å². The second-order valence-electron chi connectivity index (χ2n) is 10.0. The molecule has 3 aromatic rings. The Hall–Kier alpha value is -3.18. The van der Waals surface area contributed by atoms with Gasteiger partial charge in [0.15, 0.2) is 10.8 Å². The molecule has 4 heterocycles. The van der Waals surface area contributed by atoms with Crippen molar-refractivity contribution in [2.24, 2.45) is 10.9 Å². The number of carbonyl (C=O) groups excluding carboxylic acids is 1. The first-order valence-corrected chi connectivity index (χ1v) is 14.2. The lowest BCUT2D eigenvalue weighted by atomic mass is 9.88. The van der Waals surface area contributed by atoms with Gasteiger partial charge in [0.1, 0.15) is 11.9 Å². The predicted octanol–water partition coefficient (Wildman–Crippen LogP) is 6.21. The summed E-state index contributed by atoms with van der Waals surface area (Å²) in [5, 5.41) is 10.1. The van der Waals surface area contributed by atoms with Crippen molar-refractivity contribution in [3.8, 4) is 0 Å². The quantitative estimate of drug-likeness (QED) is 0.380. The van der Waals surface area contributed by atoms with E-state index in [-0.39, 0.29) is 22.9 Å². The van der Waals surface area contributed by atoms with Crippen LogP contribution in [-0.2, 0) is 4.79 Å². The molecule has 1 amide bonds. The van der Waals surface area contributed by atoms with Gasteiger partial charge in [-0.05, 0) is 31.0 Å². The number of amidine groups is 1. The van der Waals surface area contributed by atoms with Crippen molar-refractivity contribution >= 4 is 40.3 Å². The molecule has 2 fully saturated rings. The van der Waals surface area contributed by atoms with Gasteiger partial charge in [0.25, 0.3) is 0 Å². The Morgan fingerprint density at radius 3 is 2.69 bits per heavy atom. The molecule has 2 aliphatic heterocycles. The van der Waals surface area contributed by atoms with Gasteiger partial charge in [0.2, 0.25) is 5.91 Å². The summed E-state index contributed by atoms with van der Waals surface area (Å²) in [6.07, 6.45) is 8.40. The molecule has 204 valence electrons. The molecule has 6 rings (SSSR count). The summed E-state index contributed by atoms with van der Waals surface area (Å²) in [6, 6.07) is 4.64. The monoisotopic (exact) mass is 574 g/mol. The molecule has 2 aromatic heterocycles. The number of hydrogen-bond donors (Lipinski definition) is 1. The standard InChI is InChI=1S/C27H26ClF3N6OS/c28-19-12-16(29)6-7-18(19)23-22(20-8-10-37(35-20)27(30)31)21-13-17(33-25(38)15-4-2-1-3-5-15)14-36(21)24(34-23)26-32-9-11-39-26/h6-12,15,17,23,27H,1-5,13-14H2,(H,33,38)/t17-,23-/m0/s1. The molecule has 2 atom stereocenters. The van der Waals surface area contributed by atoms with Gasteiger partial charge in [0.05, 0.1) is 11.7 Å². The maximum atomic E-state index is 14.0. The first kappa shape index (κ1) is 26.1. The van der Waals surface area contributed by atoms with Crippen LogP contribution >= 0.6 is 22.9 Å². The third-order valence-electron chi connectivity index (χ3n) is 7.55. The van der Waals surface area contributed by atoms with Gasteiger partial charge >= 0.3 is 6.55 Å². The summed E-state index contributed by atoms with van der Waals surface area (Å²) >= 11 is 7.93. The first-order valence-electron chi connectivity index (χ1n) is 13.0. The molecule has 7 nitrogen and oxygen atoms in total. The summed E-state index contributed by atoms with van der Waals surface area (Å²) in [5.41, 5.74) is 2.24. The topological polar surface area (TPSA) is 75.4 Å². The van der Waals surface area contributed by atoms with Crippen LogP contribution in [0.5, 0.6) is 0 Å². The Labute approximate surface area is 232 Å². The van der Waals surface area contributed by atoms with Crippen LogP contribution in [0.2, 0.25) is 5.02 Å². The third-order valence-corrected chi connectivity index (χ3v) is 8.64. The van der Waals surface area contributed by atoms with Gasteiger partial charge in [-0.1, -0.05) is 36.9 Å². The minimum atomic E-state index is -2.81. The lowest BCUT2D eigenvalue weighted by molar-refractivity contribution is -0.126. The van der Waals surface area contributed by atoms with Crippen molar-refractivity contribution in [1.29, 1.82) is 0 Å². The molecule has 3 aliphatic rings. The largest absolute Gasteiger partial charge is 0.351 e. The van der Waals surface area contributed by atoms with Crippen molar-refractivity contribution in [3.05, 3.63) is 74.8 Å². The Bertz CT molecular complexity index is 1430. The number of fused-ring (bicyclic) bond motifs is 1. The smallest absolute Gasteiger partial charge is 0.333 e. The van der Waals surface area contributed by atoms with Gasteiger partial charge < -0.3 is 10.2 Å². The highest BCUT2D eigenvalue weighted by molar-refractivity contribution is 7.11. The minimum Gasteiger partial charge on any atom is -0.351 e. The molecule has 1 saturated heterocycles. The van der Waals surface area contributed by atoms with E-state index in [4.69, 9.17) is 16.6 Å². The van der Waals surface area contributed by atoms with Crippen LogP contribution in [0.15, 0.2) is 52.7 Å². The number of rotatable bonds is 6. The number of thiazole rings is 1. The Morgan fingerprint density at radius 2 is 2.00 bits per heavy atom. The number of benzene rings is 1. The number of aromatic nitrogens is 3. The molecule has 1 N–H and O–H groups in total. The molecule has 12 heteroatoms. The van der Waals surface area contributed by atoms with E-state index in [0.717, 1.165) is 37.8 Å². The van der Waals surface area contributed by atoms with Crippen LogP contribution in [0, 0.1) is 11.7 Å². The van der Waals surface area contributed by atoms with E-state index in [9.17, 15) is 18.0 Å². The summed E-state index contributed by atoms with van der Waals surface area (Å²) in [5.74, 6) is 0.156.